The maximum Gasteiger partial charge on any atom is 0.250 e. The highest BCUT2D eigenvalue weighted by Gasteiger charge is 2.24. The van der Waals surface area contributed by atoms with Crippen LogP contribution < -0.4 is 15.0 Å². The van der Waals surface area contributed by atoms with E-state index < -0.39 is 5.82 Å². The minimum absolute atomic E-state index is 0.0154. The van der Waals surface area contributed by atoms with Crippen molar-refractivity contribution in [3.05, 3.63) is 59.7 Å². The molecule has 0 spiro atoms. The van der Waals surface area contributed by atoms with Crippen LogP contribution in [0, 0.1) is 5.82 Å². The number of halogens is 2. The molecule has 1 N–H and O–H groups in total. The molecular weight excluding hydrogens is 469 g/mol. The van der Waals surface area contributed by atoms with Gasteiger partial charge in [0.05, 0.1) is 22.8 Å². The van der Waals surface area contributed by atoms with Gasteiger partial charge in [0, 0.05) is 35.8 Å². The minimum atomic E-state index is -0.493. The predicted molar refractivity (Wildman–Crippen MR) is 136 cm³/mol. The monoisotopic (exact) mass is 495 g/mol. The van der Waals surface area contributed by atoms with Gasteiger partial charge in [-0.05, 0) is 50.6 Å². The van der Waals surface area contributed by atoms with Crippen molar-refractivity contribution in [1.29, 1.82) is 0 Å². The van der Waals surface area contributed by atoms with E-state index in [1.54, 1.807) is 17.0 Å². The summed E-state index contributed by atoms with van der Waals surface area (Å²) >= 11 is 5.93. The summed E-state index contributed by atoms with van der Waals surface area (Å²) in [5, 5.41) is 3.90. The van der Waals surface area contributed by atoms with Crippen LogP contribution in [0.1, 0.15) is 26.2 Å². The zero-order valence-corrected chi connectivity index (χ0v) is 20.3. The van der Waals surface area contributed by atoms with Crippen LogP contribution in [0.5, 0.6) is 5.75 Å². The number of likely N-dealkylation sites (tertiary alicyclic amines) is 1. The lowest BCUT2D eigenvalue weighted by atomic mass is 10.0. The molecule has 5 rings (SSSR count). The Morgan fingerprint density at radius 2 is 2.14 bits per heavy atom. The number of piperidine rings is 1. The number of aromatic nitrogens is 2. The molecule has 0 saturated carbocycles. The molecule has 3 heterocycles. The number of nitrogens with zero attached hydrogens (tertiary/aromatic N) is 4. The highest BCUT2D eigenvalue weighted by molar-refractivity contribution is 6.31. The zero-order chi connectivity index (χ0) is 24.4. The van der Waals surface area contributed by atoms with E-state index in [9.17, 15) is 9.18 Å². The van der Waals surface area contributed by atoms with Crippen LogP contribution in [-0.2, 0) is 4.79 Å². The molecule has 182 valence electrons. The Labute approximate surface area is 208 Å². The second-order valence-electron chi connectivity index (χ2n) is 8.89. The molecule has 1 amide bonds. The van der Waals surface area contributed by atoms with E-state index in [2.05, 4.69) is 27.1 Å². The average molecular weight is 496 g/mol. The van der Waals surface area contributed by atoms with Crippen molar-refractivity contribution in [2.24, 2.45) is 0 Å². The topological polar surface area (TPSA) is 70.6 Å². The first-order valence-electron chi connectivity index (χ1n) is 11.9. The van der Waals surface area contributed by atoms with Gasteiger partial charge in [0.2, 0.25) is 0 Å². The molecule has 1 aromatic heterocycles. The molecule has 35 heavy (non-hydrogen) atoms. The van der Waals surface area contributed by atoms with Crippen LogP contribution in [0.3, 0.4) is 0 Å². The van der Waals surface area contributed by atoms with Crippen LogP contribution in [0.4, 0.5) is 21.6 Å². The van der Waals surface area contributed by atoms with Gasteiger partial charge in [-0.25, -0.2) is 14.4 Å². The molecule has 1 fully saturated rings. The maximum atomic E-state index is 13.6. The molecule has 0 radical (unpaired) electrons. The molecule has 2 aliphatic rings. The third kappa shape index (κ3) is 5.09. The number of benzene rings is 2. The van der Waals surface area contributed by atoms with Crippen molar-refractivity contribution in [1.82, 2.24) is 14.9 Å². The minimum Gasteiger partial charge on any atom is -0.489 e. The first kappa shape index (κ1) is 23.5. The number of anilines is 3. The van der Waals surface area contributed by atoms with E-state index in [0.29, 0.717) is 53.0 Å². The summed E-state index contributed by atoms with van der Waals surface area (Å²) in [5.41, 5.74) is 1.92. The van der Waals surface area contributed by atoms with Gasteiger partial charge in [0.25, 0.3) is 5.91 Å². The Hall–Kier alpha value is -3.23. The standard InChI is InChI=1S/C26H27ClFN5O2/c1-17-5-2-3-9-32(17)10-4-6-25(34)33-11-12-35-24-15-22-19(14-23(24)33)26(30-16-29-22)31-18-7-8-21(28)20(27)13-18/h4,6-8,13-17H,2-3,5,9-12H2,1H3,(H,29,30,31)/b6-4+. The number of carbonyl (C=O) groups excluding carboxylic acids is 1. The van der Waals surface area contributed by atoms with E-state index in [-0.39, 0.29) is 10.9 Å². The highest BCUT2D eigenvalue weighted by atomic mass is 35.5. The fourth-order valence-electron chi connectivity index (χ4n) is 4.61. The third-order valence-corrected chi connectivity index (χ3v) is 6.86. The lowest BCUT2D eigenvalue weighted by molar-refractivity contribution is -0.114. The van der Waals surface area contributed by atoms with Crippen LogP contribution in [0.2, 0.25) is 5.02 Å². The van der Waals surface area contributed by atoms with E-state index in [0.717, 1.165) is 13.1 Å². The summed E-state index contributed by atoms with van der Waals surface area (Å²) in [5.74, 6) is 0.542. The molecule has 3 aromatic rings. The molecule has 1 atom stereocenters. The van der Waals surface area contributed by atoms with Crippen molar-refractivity contribution in [2.45, 2.75) is 32.2 Å². The molecular formula is C26H27ClFN5O2. The molecule has 1 saturated heterocycles. The Bertz CT molecular complexity index is 1280. The highest BCUT2D eigenvalue weighted by Crippen LogP contribution is 2.37. The van der Waals surface area contributed by atoms with Gasteiger partial charge in [-0.3, -0.25) is 9.69 Å². The first-order chi connectivity index (χ1) is 17.0. The Morgan fingerprint density at radius 3 is 2.97 bits per heavy atom. The summed E-state index contributed by atoms with van der Waals surface area (Å²) < 4.78 is 19.4. The lowest BCUT2D eigenvalue weighted by Gasteiger charge is -2.32. The van der Waals surface area contributed by atoms with Crippen molar-refractivity contribution in [2.75, 3.05) is 36.5 Å². The molecule has 0 aliphatic carbocycles. The Balaban J connectivity index is 1.40. The number of amides is 1. The number of hydrogen-bond acceptors (Lipinski definition) is 6. The van der Waals surface area contributed by atoms with Crippen LogP contribution in [0.25, 0.3) is 10.9 Å². The molecule has 9 heteroatoms. The second-order valence-corrected chi connectivity index (χ2v) is 9.30. The van der Waals surface area contributed by atoms with Gasteiger partial charge < -0.3 is 15.0 Å². The SMILES string of the molecule is CC1CCCCN1C/C=C/C(=O)N1CCOc2cc3ncnc(Nc4ccc(F)c(Cl)c4)c3cc21. The zero-order valence-electron chi connectivity index (χ0n) is 19.5. The smallest absolute Gasteiger partial charge is 0.250 e. The fourth-order valence-corrected chi connectivity index (χ4v) is 4.79. The van der Waals surface area contributed by atoms with Crippen molar-refractivity contribution >= 4 is 45.6 Å². The quantitative estimate of drug-likeness (QED) is 0.483. The third-order valence-electron chi connectivity index (χ3n) is 6.57. The van der Waals surface area contributed by atoms with E-state index in [1.165, 1.54) is 37.7 Å². The summed E-state index contributed by atoms with van der Waals surface area (Å²) in [6, 6.07) is 8.59. The van der Waals surface area contributed by atoms with Crippen LogP contribution >= 0.6 is 11.6 Å². The molecule has 1 unspecified atom stereocenters. The number of ether oxygens (including phenoxy) is 1. The number of rotatable bonds is 5. The van der Waals surface area contributed by atoms with Crippen molar-refractivity contribution < 1.29 is 13.9 Å². The predicted octanol–water partition coefficient (Wildman–Crippen LogP) is 5.32. The van der Waals surface area contributed by atoms with Gasteiger partial charge in [0.1, 0.15) is 30.3 Å². The lowest BCUT2D eigenvalue weighted by Crippen LogP contribution is -2.38. The second kappa shape index (κ2) is 10.2. The Morgan fingerprint density at radius 1 is 1.26 bits per heavy atom. The number of nitrogens with one attached hydrogen (secondary N) is 1. The first-order valence-corrected chi connectivity index (χ1v) is 12.2. The largest absolute Gasteiger partial charge is 0.489 e. The van der Waals surface area contributed by atoms with Gasteiger partial charge in [-0.1, -0.05) is 24.1 Å². The summed E-state index contributed by atoms with van der Waals surface area (Å²) in [6.07, 6.45) is 8.73. The summed E-state index contributed by atoms with van der Waals surface area (Å²) in [7, 11) is 0. The average Bonchev–Trinajstić information content (AvgIpc) is 2.86. The normalized spacial score (nSPS) is 18.5. The summed E-state index contributed by atoms with van der Waals surface area (Å²) in [6.45, 7) is 4.94. The Kier molecular flexibility index (Phi) is 6.83. The van der Waals surface area contributed by atoms with Crippen LogP contribution in [-0.4, -0.2) is 53.1 Å². The fraction of sp³-hybridized carbons (Fsp3) is 0.346. The number of fused-ring (bicyclic) bond motifs is 2. The van der Waals surface area contributed by atoms with E-state index in [1.807, 2.05) is 18.2 Å². The molecule has 2 aromatic carbocycles. The van der Waals surface area contributed by atoms with E-state index in [4.69, 9.17) is 16.3 Å². The van der Waals surface area contributed by atoms with Crippen molar-refractivity contribution in [3.8, 4) is 5.75 Å². The summed E-state index contributed by atoms with van der Waals surface area (Å²) in [4.78, 5) is 26.0. The molecule has 7 nitrogen and oxygen atoms in total. The molecule has 2 aliphatic heterocycles. The van der Waals surface area contributed by atoms with Crippen molar-refractivity contribution in [3.63, 3.8) is 0 Å². The molecule has 0 bridgehead atoms. The maximum absolute atomic E-state index is 13.6. The van der Waals surface area contributed by atoms with E-state index >= 15 is 0 Å². The van der Waals surface area contributed by atoms with Gasteiger partial charge in [0.15, 0.2) is 0 Å². The number of carbonyl (C=O) groups is 1. The number of hydrogen-bond donors (Lipinski definition) is 1. The van der Waals surface area contributed by atoms with Gasteiger partial charge in [-0.2, -0.15) is 0 Å². The van der Waals surface area contributed by atoms with Gasteiger partial charge in [-0.15, -0.1) is 0 Å². The van der Waals surface area contributed by atoms with Crippen LogP contribution in [0.15, 0.2) is 48.8 Å². The van der Waals surface area contributed by atoms with Gasteiger partial charge >= 0.3 is 0 Å².